The molecule has 1 N–H and O–H groups in total. The van der Waals surface area contributed by atoms with Gasteiger partial charge in [0.15, 0.2) is 0 Å². The molecule has 0 atom stereocenters. The van der Waals surface area contributed by atoms with E-state index in [-0.39, 0.29) is 0 Å². The van der Waals surface area contributed by atoms with Crippen LogP contribution in [0.25, 0.3) is 10.4 Å². The van der Waals surface area contributed by atoms with Crippen LogP contribution in [0, 0.1) is 11.3 Å². The maximum absolute atomic E-state index is 8.95. The van der Waals surface area contributed by atoms with E-state index >= 15 is 0 Å². The van der Waals surface area contributed by atoms with Crippen molar-refractivity contribution in [2.24, 2.45) is 0 Å². The van der Waals surface area contributed by atoms with Gasteiger partial charge in [0.25, 0.3) is 0 Å². The van der Waals surface area contributed by atoms with Gasteiger partial charge >= 0.3 is 0 Å². The number of hydrogen-bond donors (Lipinski definition) is 1. The second kappa shape index (κ2) is 6.25. The number of rotatable bonds is 4. The number of hydrogen-bond acceptors (Lipinski definition) is 3. The fraction of sp³-hybridized carbons (Fsp3) is 0.0556. The number of nitrogens with zero attached hydrogens (tertiary/aromatic N) is 1. The van der Waals surface area contributed by atoms with Gasteiger partial charge in [-0.05, 0) is 35.2 Å². The Morgan fingerprint density at radius 1 is 1.00 bits per heavy atom. The summed E-state index contributed by atoms with van der Waals surface area (Å²) in [6, 6.07) is 22.3. The molecule has 0 unspecified atom stereocenters. The van der Waals surface area contributed by atoms with Crippen LogP contribution in [0.5, 0.6) is 0 Å². The summed E-state index contributed by atoms with van der Waals surface area (Å²) in [5.41, 5.74) is 4.13. The van der Waals surface area contributed by atoms with Crippen LogP contribution in [0.4, 0.5) is 5.69 Å². The molecule has 0 bridgehead atoms. The molecule has 21 heavy (non-hydrogen) atoms. The monoisotopic (exact) mass is 290 g/mol. The zero-order chi connectivity index (χ0) is 14.5. The molecule has 0 spiro atoms. The summed E-state index contributed by atoms with van der Waals surface area (Å²) in [6.07, 6.45) is 0. The van der Waals surface area contributed by atoms with Crippen LogP contribution in [-0.4, -0.2) is 0 Å². The molecule has 1 aromatic heterocycles. The first kappa shape index (κ1) is 13.4. The first-order chi connectivity index (χ1) is 10.4. The van der Waals surface area contributed by atoms with E-state index < -0.39 is 0 Å². The van der Waals surface area contributed by atoms with Crippen molar-refractivity contribution >= 4 is 17.0 Å². The summed E-state index contributed by atoms with van der Waals surface area (Å²) >= 11 is 1.73. The zero-order valence-corrected chi connectivity index (χ0v) is 12.2. The molecular formula is C18H14N2S. The average Bonchev–Trinajstić information content (AvgIpc) is 3.08. The van der Waals surface area contributed by atoms with E-state index in [1.165, 1.54) is 10.4 Å². The van der Waals surface area contributed by atoms with Gasteiger partial charge in [-0.3, -0.25) is 0 Å². The van der Waals surface area contributed by atoms with Gasteiger partial charge in [-0.25, -0.2) is 0 Å². The summed E-state index contributed by atoms with van der Waals surface area (Å²) in [5, 5.41) is 14.5. The molecular weight excluding hydrogens is 276 g/mol. The third kappa shape index (κ3) is 3.13. The number of benzene rings is 2. The molecule has 3 aromatic rings. The highest BCUT2D eigenvalue weighted by atomic mass is 32.1. The minimum absolute atomic E-state index is 0.695. The molecule has 3 rings (SSSR count). The Balaban J connectivity index is 1.81. The Morgan fingerprint density at radius 2 is 1.90 bits per heavy atom. The minimum Gasteiger partial charge on any atom is -0.380 e. The highest BCUT2D eigenvalue weighted by Crippen LogP contribution is 2.31. The third-order valence-corrected chi connectivity index (χ3v) is 4.16. The molecule has 2 nitrogen and oxygen atoms in total. The Labute approximate surface area is 128 Å². The van der Waals surface area contributed by atoms with Crippen molar-refractivity contribution in [3.8, 4) is 16.5 Å². The van der Waals surface area contributed by atoms with Crippen molar-refractivity contribution in [1.82, 2.24) is 0 Å². The van der Waals surface area contributed by atoms with Crippen molar-refractivity contribution in [1.29, 1.82) is 5.26 Å². The second-order valence-corrected chi connectivity index (χ2v) is 5.64. The Bertz CT molecular complexity index is 770. The second-order valence-electron chi connectivity index (χ2n) is 4.69. The van der Waals surface area contributed by atoms with Gasteiger partial charge in [0.2, 0.25) is 0 Å². The molecule has 0 aliphatic rings. The van der Waals surface area contributed by atoms with Crippen molar-refractivity contribution in [2.75, 3.05) is 5.32 Å². The van der Waals surface area contributed by atoms with E-state index in [0.29, 0.717) is 12.1 Å². The number of nitriles is 1. The van der Waals surface area contributed by atoms with E-state index in [2.05, 4.69) is 47.1 Å². The average molecular weight is 290 g/mol. The quantitative estimate of drug-likeness (QED) is 0.742. The van der Waals surface area contributed by atoms with Gasteiger partial charge in [0, 0.05) is 22.7 Å². The highest BCUT2D eigenvalue weighted by molar-refractivity contribution is 7.13. The van der Waals surface area contributed by atoms with E-state index in [9.17, 15) is 0 Å². The first-order valence-electron chi connectivity index (χ1n) is 6.72. The largest absolute Gasteiger partial charge is 0.380 e. The van der Waals surface area contributed by atoms with Crippen molar-refractivity contribution in [3.63, 3.8) is 0 Å². The van der Waals surface area contributed by atoms with Gasteiger partial charge < -0.3 is 5.32 Å². The lowest BCUT2D eigenvalue weighted by Gasteiger charge is -2.11. The van der Waals surface area contributed by atoms with Gasteiger partial charge in [-0.15, -0.1) is 11.3 Å². The maximum Gasteiger partial charge on any atom is 0.0991 e. The number of thiophene rings is 1. The van der Waals surface area contributed by atoms with Crippen molar-refractivity contribution in [2.45, 2.75) is 6.54 Å². The molecule has 1 heterocycles. The fourth-order valence-corrected chi connectivity index (χ4v) is 3.00. The number of anilines is 1. The van der Waals surface area contributed by atoms with Crippen LogP contribution < -0.4 is 5.32 Å². The van der Waals surface area contributed by atoms with Crippen LogP contribution in [-0.2, 0) is 6.54 Å². The SMILES string of the molecule is N#Cc1cccc(CNc2ccccc2-c2cccs2)c1. The van der Waals surface area contributed by atoms with Crippen LogP contribution in [0.15, 0.2) is 66.0 Å². The molecule has 0 fully saturated rings. The molecule has 0 saturated heterocycles. The highest BCUT2D eigenvalue weighted by Gasteiger charge is 2.05. The summed E-state index contributed by atoms with van der Waals surface area (Å²) in [6.45, 7) is 0.706. The van der Waals surface area contributed by atoms with Crippen LogP contribution in [0.2, 0.25) is 0 Å². The topological polar surface area (TPSA) is 35.8 Å². The van der Waals surface area contributed by atoms with Gasteiger partial charge in [-0.2, -0.15) is 5.26 Å². The molecule has 0 amide bonds. The molecule has 0 saturated carbocycles. The van der Waals surface area contributed by atoms with E-state index in [1.807, 2.05) is 30.3 Å². The predicted molar refractivity (Wildman–Crippen MR) is 88.2 cm³/mol. The summed E-state index contributed by atoms with van der Waals surface area (Å²) < 4.78 is 0. The molecule has 0 aliphatic carbocycles. The Kier molecular flexibility index (Phi) is 3.99. The van der Waals surface area contributed by atoms with E-state index in [1.54, 1.807) is 11.3 Å². The van der Waals surface area contributed by atoms with Crippen LogP contribution in [0.1, 0.15) is 11.1 Å². The van der Waals surface area contributed by atoms with Crippen molar-refractivity contribution in [3.05, 3.63) is 77.2 Å². The first-order valence-corrected chi connectivity index (χ1v) is 7.60. The predicted octanol–water partition coefficient (Wildman–Crippen LogP) is 4.90. The van der Waals surface area contributed by atoms with Gasteiger partial charge in [0.1, 0.15) is 0 Å². The lowest BCUT2D eigenvalue weighted by Crippen LogP contribution is -2.00. The summed E-state index contributed by atoms with van der Waals surface area (Å²) in [4.78, 5) is 1.25. The Morgan fingerprint density at radius 3 is 2.71 bits per heavy atom. The molecule has 3 heteroatoms. The zero-order valence-electron chi connectivity index (χ0n) is 11.4. The van der Waals surface area contributed by atoms with E-state index in [0.717, 1.165) is 11.3 Å². The normalized spacial score (nSPS) is 10.0. The molecule has 0 aliphatic heterocycles. The van der Waals surface area contributed by atoms with Gasteiger partial charge in [0.05, 0.1) is 11.6 Å². The lowest BCUT2D eigenvalue weighted by molar-refractivity contribution is 1.15. The minimum atomic E-state index is 0.695. The number of nitrogens with one attached hydrogen (secondary N) is 1. The standard InChI is InChI=1S/C18H14N2S/c19-12-14-5-3-6-15(11-14)13-20-17-8-2-1-7-16(17)18-9-4-10-21-18/h1-11,20H,13H2. The molecule has 0 radical (unpaired) electrons. The number of para-hydroxylation sites is 1. The fourth-order valence-electron chi connectivity index (χ4n) is 2.23. The Hall–Kier alpha value is -2.57. The molecule has 2 aromatic carbocycles. The lowest BCUT2D eigenvalue weighted by atomic mass is 10.1. The van der Waals surface area contributed by atoms with Crippen LogP contribution >= 0.6 is 11.3 Å². The van der Waals surface area contributed by atoms with E-state index in [4.69, 9.17) is 5.26 Å². The van der Waals surface area contributed by atoms with Gasteiger partial charge in [-0.1, -0.05) is 36.4 Å². The van der Waals surface area contributed by atoms with Crippen LogP contribution in [0.3, 0.4) is 0 Å². The third-order valence-electron chi connectivity index (χ3n) is 3.25. The summed E-state index contributed by atoms with van der Waals surface area (Å²) in [7, 11) is 0. The maximum atomic E-state index is 8.95. The van der Waals surface area contributed by atoms with Crippen molar-refractivity contribution < 1.29 is 0 Å². The molecule has 102 valence electrons. The summed E-state index contributed by atoms with van der Waals surface area (Å²) in [5.74, 6) is 0. The smallest absolute Gasteiger partial charge is 0.0991 e.